The van der Waals surface area contributed by atoms with E-state index in [2.05, 4.69) is 20.2 Å². The Balaban J connectivity index is 1.48. The maximum absolute atomic E-state index is 13.0. The van der Waals surface area contributed by atoms with E-state index in [0.29, 0.717) is 43.3 Å². The molecule has 3 aromatic rings. The first-order chi connectivity index (χ1) is 15.9. The van der Waals surface area contributed by atoms with Crippen LogP contribution in [-0.4, -0.2) is 45.9 Å². The molecule has 0 radical (unpaired) electrons. The van der Waals surface area contributed by atoms with E-state index < -0.39 is 5.54 Å². The predicted octanol–water partition coefficient (Wildman–Crippen LogP) is 3.54. The van der Waals surface area contributed by atoms with Gasteiger partial charge in [-0.25, -0.2) is 0 Å². The molecular formula is C24H25Cl2N5O2. The summed E-state index contributed by atoms with van der Waals surface area (Å²) in [5.74, 6) is 0.0705. The standard InChI is InChI=1S/C24H25Cl2N5O2/c1-29-21(19(26)22(32)28-29)20(16-7-9-17(25)10-8-16)30-13-11-24(12-14-30)23(33)27-15-31(24)18-5-3-2-4-6-18/h2-10,20H,11-15H2,1H3,(H,27,33)(H,28,32). The van der Waals surface area contributed by atoms with Crippen LogP contribution >= 0.6 is 23.2 Å². The number of anilines is 1. The number of piperidine rings is 1. The lowest BCUT2D eigenvalue weighted by Gasteiger charge is -2.45. The lowest BCUT2D eigenvalue weighted by atomic mass is 9.84. The Hall–Kier alpha value is -2.74. The van der Waals surface area contributed by atoms with E-state index in [1.807, 2.05) is 54.6 Å². The number of nitrogens with one attached hydrogen (secondary N) is 2. The van der Waals surface area contributed by atoms with E-state index in [0.717, 1.165) is 11.3 Å². The number of aromatic amines is 1. The Morgan fingerprint density at radius 2 is 1.64 bits per heavy atom. The number of aromatic nitrogens is 2. The summed E-state index contributed by atoms with van der Waals surface area (Å²) in [6.07, 6.45) is 1.32. The van der Waals surface area contributed by atoms with Crippen molar-refractivity contribution < 1.29 is 4.79 Å². The van der Waals surface area contributed by atoms with Gasteiger partial charge < -0.3 is 10.2 Å². The van der Waals surface area contributed by atoms with Crippen LogP contribution in [0.5, 0.6) is 0 Å². The number of carbonyl (C=O) groups excluding carboxylic acids is 1. The minimum atomic E-state index is -0.587. The van der Waals surface area contributed by atoms with Gasteiger partial charge in [0.05, 0.1) is 18.4 Å². The topological polar surface area (TPSA) is 73.4 Å². The second-order valence-electron chi connectivity index (χ2n) is 8.65. The first kappa shape index (κ1) is 22.1. The van der Waals surface area contributed by atoms with Crippen LogP contribution in [0, 0.1) is 0 Å². The highest BCUT2D eigenvalue weighted by atomic mass is 35.5. The second kappa shape index (κ2) is 8.56. The van der Waals surface area contributed by atoms with Gasteiger partial charge in [-0.1, -0.05) is 53.5 Å². The van der Waals surface area contributed by atoms with Crippen molar-refractivity contribution in [3.05, 3.63) is 86.3 Å². The number of nitrogens with zero attached hydrogens (tertiary/aromatic N) is 3. The minimum absolute atomic E-state index is 0.0705. The molecule has 2 N–H and O–H groups in total. The first-order valence-corrected chi connectivity index (χ1v) is 11.7. The number of amides is 1. The van der Waals surface area contributed by atoms with Gasteiger partial charge in [-0.15, -0.1) is 0 Å². The molecule has 5 rings (SSSR count). The Morgan fingerprint density at radius 3 is 2.24 bits per heavy atom. The number of aryl methyl sites for hydroxylation is 1. The monoisotopic (exact) mass is 485 g/mol. The van der Waals surface area contributed by atoms with Crippen molar-refractivity contribution in [3.63, 3.8) is 0 Å². The summed E-state index contributed by atoms with van der Waals surface area (Å²) in [6, 6.07) is 17.4. The highest BCUT2D eigenvalue weighted by Gasteiger charge is 2.51. The van der Waals surface area contributed by atoms with E-state index >= 15 is 0 Å². The molecule has 0 bridgehead atoms. The lowest BCUT2D eigenvalue weighted by molar-refractivity contribution is -0.125. The molecule has 1 spiro atoms. The van der Waals surface area contributed by atoms with Crippen molar-refractivity contribution >= 4 is 34.8 Å². The Labute approximate surface area is 201 Å². The lowest BCUT2D eigenvalue weighted by Crippen LogP contribution is -2.57. The van der Waals surface area contributed by atoms with Crippen molar-refractivity contribution in [2.45, 2.75) is 24.4 Å². The summed E-state index contributed by atoms with van der Waals surface area (Å²) in [4.78, 5) is 29.8. The van der Waals surface area contributed by atoms with Crippen LogP contribution in [0.4, 0.5) is 5.69 Å². The van der Waals surface area contributed by atoms with Gasteiger partial charge >= 0.3 is 0 Å². The summed E-state index contributed by atoms with van der Waals surface area (Å²) in [5, 5.41) is 6.64. The third kappa shape index (κ3) is 3.74. The van der Waals surface area contributed by atoms with Crippen LogP contribution in [0.2, 0.25) is 10.0 Å². The molecule has 2 fully saturated rings. The van der Waals surface area contributed by atoms with Crippen LogP contribution < -0.4 is 15.8 Å². The third-order valence-corrected chi connectivity index (χ3v) is 7.51. The molecule has 2 aliphatic rings. The summed E-state index contributed by atoms with van der Waals surface area (Å²) in [5.41, 5.74) is 1.83. The first-order valence-electron chi connectivity index (χ1n) is 11.0. The Kier molecular flexibility index (Phi) is 5.72. The zero-order chi connectivity index (χ0) is 23.2. The predicted molar refractivity (Wildman–Crippen MR) is 130 cm³/mol. The number of hydrogen-bond acceptors (Lipinski definition) is 4. The van der Waals surface area contributed by atoms with E-state index in [4.69, 9.17) is 23.2 Å². The highest BCUT2D eigenvalue weighted by molar-refractivity contribution is 6.31. The van der Waals surface area contributed by atoms with Crippen LogP contribution in [0.15, 0.2) is 59.4 Å². The molecule has 2 saturated heterocycles. The maximum Gasteiger partial charge on any atom is 0.283 e. The Bertz CT molecular complexity index is 1210. The van der Waals surface area contributed by atoms with E-state index in [9.17, 15) is 9.59 Å². The van der Waals surface area contributed by atoms with E-state index in [-0.39, 0.29) is 22.5 Å². The number of carbonyl (C=O) groups is 1. The second-order valence-corrected chi connectivity index (χ2v) is 9.46. The molecule has 172 valence electrons. The number of rotatable bonds is 4. The summed E-state index contributed by atoms with van der Waals surface area (Å²) in [6.45, 7) is 1.83. The van der Waals surface area contributed by atoms with Crippen molar-refractivity contribution in [3.8, 4) is 0 Å². The fourth-order valence-corrected chi connectivity index (χ4v) is 5.60. The summed E-state index contributed by atoms with van der Waals surface area (Å²) < 4.78 is 1.69. The molecule has 1 atom stereocenters. The molecule has 0 saturated carbocycles. The van der Waals surface area contributed by atoms with Gasteiger partial charge in [0.15, 0.2) is 0 Å². The van der Waals surface area contributed by atoms with Crippen molar-refractivity contribution in [1.82, 2.24) is 20.0 Å². The van der Waals surface area contributed by atoms with Crippen LogP contribution in [0.1, 0.15) is 30.1 Å². The molecule has 1 aromatic heterocycles. The van der Waals surface area contributed by atoms with Crippen molar-refractivity contribution in [2.75, 3.05) is 24.7 Å². The van der Waals surface area contributed by atoms with Gasteiger partial charge in [0.1, 0.15) is 10.6 Å². The van der Waals surface area contributed by atoms with Gasteiger partial charge in [0, 0.05) is 30.8 Å². The number of para-hydroxylation sites is 1. The van der Waals surface area contributed by atoms with Gasteiger partial charge in [-0.05, 0) is 42.7 Å². The molecule has 3 heterocycles. The van der Waals surface area contributed by atoms with E-state index in [1.165, 1.54) is 0 Å². The molecule has 1 amide bonds. The number of likely N-dealkylation sites (tertiary alicyclic amines) is 1. The highest BCUT2D eigenvalue weighted by Crippen LogP contribution is 2.40. The minimum Gasteiger partial charge on any atom is -0.339 e. The zero-order valence-electron chi connectivity index (χ0n) is 18.2. The number of H-pyrrole nitrogens is 1. The van der Waals surface area contributed by atoms with Crippen LogP contribution in [-0.2, 0) is 11.8 Å². The molecular weight excluding hydrogens is 461 g/mol. The SMILES string of the molecule is Cn1[nH]c(=O)c(Cl)c1C(c1ccc(Cl)cc1)N1CCC2(CC1)C(=O)NCN2c1ccccc1. The fraction of sp³-hybridized carbons (Fsp3) is 0.333. The van der Waals surface area contributed by atoms with E-state index in [1.54, 1.807) is 11.7 Å². The van der Waals surface area contributed by atoms with Crippen LogP contribution in [0.3, 0.4) is 0 Å². The smallest absolute Gasteiger partial charge is 0.283 e. The molecule has 7 nitrogen and oxygen atoms in total. The van der Waals surface area contributed by atoms with Gasteiger partial charge in [0.25, 0.3) is 5.56 Å². The quantitative estimate of drug-likeness (QED) is 0.592. The average Bonchev–Trinajstić information content (AvgIpc) is 3.27. The van der Waals surface area contributed by atoms with Gasteiger partial charge in [-0.3, -0.25) is 24.3 Å². The Morgan fingerprint density at radius 1 is 0.970 bits per heavy atom. The number of hydrogen-bond donors (Lipinski definition) is 2. The molecule has 33 heavy (non-hydrogen) atoms. The molecule has 0 aliphatic carbocycles. The summed E-state index contributed by atoms with van der Waals surface area (Å²) >= 11 is 12.6. The molecule has 2 aliphatic heterocycles. The zero-order valence-corrected chi connectivity index (χ0v) is 19.7. The average molecular weight is 486 g/mol. The van der Waals surface area contributed by atoms with Gasteiger partial charge in [0.2, 0.25) is 5.91 Å². The number of benzene rings is 2. The normalized spacial score (nSPS) is 19.1. The molecule has 2 aromatic carbocycles. The fourth-order valence-electron chi connectivity index (χ4n) is 5.20. The van der Waals surface area contributed by atoms with Crippen molar-refractivity contribution in [2.24, 2.45) is 7.05 Å². The largest absolute Gasteiger partial charge is 0.339 e. The number of halogens is 2. The maximum atomic E-state index is 13.0. The third-order valence-electron chi connectivity index (χ3n) is 6.89. The van der Waals surface area contributed by atoms with Crippen molar-refractivity contribution in [1.29, 1.82) is 0 Å². The molecule has 1 unspecified atom stereocenters. The molecule has 9 heteroatoms. The van der Waals surface area contributed by atoms with Crippen LogP contribution in [0.25, 0.3) is 0 Å². The van der Waals surface area contributed by atoms with Gasteiger partial charge in [-0.2, -0.15) is 0 Å². The summed E-state index contributed by atoms with van der Waals surface area (Å²) in [7, 11) is 1.79.